The number of primary amides is 1. The lowest BCUT2D eigenvalue weighted by molar-refractivity contribution is -0.192. The largest absolute Gasteiger partial charge is 0.493 e. The molecule has 15 nitrogen and oxygen atoms in total. The average Bonchev–Trinajstić information content (AvgIpc) is 2.98. The minimum atomic E-state index is -5.08. The van der Waals surface area contributed by atoms with Crippen molar-refractivity contribution in [3.8, 4) is 17.2 Å². The second-order valence-electron chi connectivity index (χ2n) is 13.7. The zero-order chi connectivity index (χ0) is 40.3. The van der Waals surface area contributed by atoms with E-state index in [1.54, 1.807) is 65.8 Å². The van der Waals surface area contributed by atoms with E-state index in [1.807, 2.05) is 0 Å². The highest BCUT2D eigenvalue weighted by molar-refractivity contribution is 5.95. The summed E-state index contributed by atoms with van der Waals surface area (Å²) in [5.41, 5.74) is 16.1. The third kappa shape index (κ3) is 14.9. The Bertz CT molecular complexity index is 1680. The summed E-state index contributed by atoms with van der Waals surface area (Å²) in [4.78, 5) is 65.5. The van der Waals surface area contributed by atoms with Gasteiger partial charge in [0.1, 0.15) is 22.5 Å². The fraction of sp³-hybridized carbons (Fsp3) is 0.486. The lowest BCUT2D eigenvalue weighted by Crippen LogP contribution is -2.41. The van der Waals surface area contributed by atoms with Crippen molar-refractivity contribution in [3.05, 3.63) is 47.5 Å². The highest BCUT2D eigenvalue weighted by Crippen LogP contribution is 2.37. The molecule has 292 valence electrons. The summed E-state index contributed by atoms with van der Waals surface area (Å²) in [6, 6.07) is 9.40. The summed E-state index contributed by atoms with van der Waals surface area (Å²) >= 11 is 0. The van der Waals surface area contributed by atoms with Crippen LogP contribution in [0.3, 0.4) is 0 Å². The van der Waals surface area contributed by atoms with Crippen LogP contribution in [0.5, 0.6) is 17.2 Å². The van der Waals surface area contributed by atoms with Crippen LogP contribution in [0.1, 0.15) is 76.7 Å². The van der Waals surface area contributed by atoms with Gasteiger partial charge in [0.15, 0.2) is 17.5 Å². The fourth-order valence-corrected chi connectivity index (χ4v) is 4.71. The number of aliphatic carboxylic acids is 1. The van der Waals surface area contributed by atoms with Gasteiger partial charge in [0.2, 0.25) is 5.91 Å². The van der Waals surface area contributed by atoms with Crippen molar-refractivity contribution in [2.24, 2.45) is 34.0 Å². The first-order valence-electron chi connectivity index (χ1n) is 16.3. The molecule has 2 atom stereocenters. The van der Waals surface area contributed by atoms with Crippen molar-refractivity contribution < 1.29 is 65.9 Å². The molecule has 0 saturated carbocycles. The number of alkyl halides is 3. The molecular weight excluding hydrogens is 709 g/mol. The number of carbonyl (C=O) groups is 5. The summed E-state index contributed by atoms with van der Waals surface area (Å²) in [6.07, 6.45) is -4.49. The predicted octanol–water partition coefficient (Wildman–Crippen LogP) is 4.33. The van der Waals surface area contributed by atoms with Gasteiger partial charge < -0.3 is 46.0 Å². The third-order valence-corrected chi connectivity index (χ3v) is 6.80. The first-order valence-corrected chi connectivity index (χ1v) is 16.3. The molecule has 18 heteroatoms. The van der Waals surface area contributed by atoms with Gasteiger partial charge in [-0.15, -0.1) is 0 Å². The van der Waals surface area contributed by atoms with E-state index in [1.165, 1.54) is 12.1 Å². The van der Waals surface area contributed by atoms with Crippen LogP contribution in [0, 0.1) is 11.8 Å². The van der Waals surface area contributed by atoms with Gasteiger partial charge in [0.05, 0.1) is 37.2 Å². The molecule has 1 aliphatic rings. The zero-order valence-electron chi connectivity index (χ0n) is 30.2. The van der Waals surface area contributed by atoms with Crippen LogP contribution in [0.4, 0.5) is 18.9 Å². The van der Waals surface area contributed by atoms with Gasteiger partial charge >= 0.3 is 30.1 Å². The standard InChI is InChI=1S/C33H44N4O9.C2HF3O2/c1-32(2,3)45-26(38)18-23(30(41)46-33(4,5)6)22(28(34)39)16-19-10-9-11-24-27(19)43-15-8-7-14-42-25-17-20(37-31(35)36)12-13-21(25)29(40)44-24;3-2(4,5)1(6)7/h9-13,17,22-23H,7-8,14-16,18H2,1-6H3,(H2,34,39)(H4,35,36,37);(H,6,7). The van der Waals surface area contributed by atoms with Gasteiger partial charge in [0, 0.05) is 6.07 Å². The molecule has 2 unspecified atom stereocenters. The number of carboxylic acid groups (broad SMARTS) is 1. The van der Waals surface area contributed by atoms with Crippen molar-refractivity contribution >= 4 is 41.4 Å². The molecular formula is C35H45F3N4O11. The van der Waals surface area contributed by atoms with E-state index in [4.69, 9.17) is 50.8 Å². The summed E-state index contributed by atoms with van der Waals surface area (Å²) in [5.74, 6) is -7.88. The summed E-state index contributed by atoms with van der Waals surface area (Å²) in [5, 5.41) is 7.12. The highest BCUT2D eigenvalue weighted by atomic mass is 19.4. The Balaban J connectivity index is 0.00000126. The predicted molar refractivity (Wildman–Crippen MR) is 183 cm³/mol. The normalized spacial score (nSPS) is 14.5. The molecule has 53 heavy (non-hydrogen) atoms. The van der Waals surface area contributed by atoms with Crippen LogP contribution < -0.4 is 31.4 Å². The topological polar surface area (TPSA) is 242 Å². The van der Waals surface area contributed by atoms with Crippen LogP contribution in [0.25, 0.3) is 0 Å². The Labute approximate surface area is 303 Å². The van der Waals surface area contributed by atoms with Crippen molar-refractivity contribution in [1.29, 1.82) is 0 Å². The van der Waals surface area contributed by atoms with E-state index in [2.05, 4.69) is 4.99 Å². The number of halogens is 3. The van der Waals surface area contributed by atoms with Crippen LogP contribution >= 0.6 is 0 Å². The number of hydrogen-bond donors (Lipinski definition) is 4. The SMILES string of the molecule is CC(C)(C)OC(=O)CC(C(=O)OC(C)(C)C)C(Cc1cccc2c1OCCCCOc1cc(N=C(N)N)ccc1C(=O)O2)C(N)=O.O=C(O)C(F)(F)F. The van der Waals surface area contributed by atoms with Gasteiger partial charge in [-0.25, -0.2) is 14.6 Å². The number of ether oxygens (including phenoxy) is 5. The van der Waals surface area contributed by atoms with E-state index in [0.717, 1.165) is 0 Å². The molecule has 1 amide bonds. The second-order valence-corrected chi connectivity index (χ2v) is 13.7. The van der Waals surface area contributed by atoms with Crippen LogP contribution in [-0.2, 0) is 35.1 Å². The molecule has 0 aromatic heterocycles. The Morgan fingerprint density at radius 2 is 1.45 bits per heavy atom. The van der Waals surface area contributed by atoms with Crippen LogP contribution in [0.2, 0.25) is 0 Å². The number of fused-ring (bicyclic) bond motifs is 2. The smallest absolute Gasteiger partial charge is 0.490 e. The molecule has 0 radical (unpaired) electrons. The number of hydrogen-bond acceptors (Lipinski definition) is 11. The van der Waals surface area contributed by atoms with E-state index >= 15 is 0 Å². The molecule has 1 aliphatic heterocycles. The van der Waals surface area contributed by atoms with Gasteiger partial charge in [-0.1, -0.05) is 12.1 Å². The second kappa shape index (κ2) is 18.3. The highest BCUT2D eigenvalue weighted by Gasteiger charge is 2.40. The number of rotatable bonds is 8. The van der Waals surface area contributed by atoms with E-state index < -0.39 is 65.4 Å². The number of carbonyl (C=O) groups excluding carboxylic acids is 4. The number of guanidine groups is 1. The van der Waals surface area contributed by atoms with Crippen molar-refractivity contribution in [1.82, 2.24) is 0 Å². The molecule has 0 spiro atoms. The number of para-hydroxylation sites is 1. The van der Waals surface area contributed by atoms with Gasteiger partial charge in [-0.05, 0) is 84.6 Å². The number of carboxylic acids is 1. The molecule has 3 rings (SSSR count). The Hall–Kier alpha value is -5.55. The van der Waals surface area contributed by atoms with Crippen LogP contribution in [0.15, 0.2) is 41.4 Å². The van der Waals surface area contributed by atoms with E-state index in [0.29, 0.717) is 24.1 Å². The number of aliphatic imine (C=N–C) groups is 1. The number of nitrogens with two attached hydrogens (primary N) is 3. The first kappa shape index (κ1) is 43.6. The van der Waals surface area contributed by atoms with E-state index in [9.17, 15) is 32.3 Å². The number of esters is 3. The number of benzene rings is 2. The molecule has 0 aliphatic carbocycles. The fourth-order valence-electron chi connectivity index (χ4n) is 4.71. The minimum Gasteiger partial charge on any atom is -0.493 e. The Morgan fingerprint density at radius 3 is 1.98 bits per heavy atom. The van der Waals surface area contributed by atoms with Gasteiger partial charge in [-0.3, -0.25) is 14.4 Å². The summed E-state index contributed by atoms with van der Waals surface area (Å²) < 4.78 is 60.5. The van der Waals surface area contributed by atoms with Crippen molar-refractivity contribution in [3.63, 3.8) is 0 Å². The number of amides is 1. The van der Waals surface area contributed by atoms with Gasteiger partial charge in [0.25, 0.3) is 0 Å². The maximum atomic E-state index is 13.4. The lowest BCUT2D eigenvalue weighted by Gasteiger charge is -2.29. The quantitative estimate of drug-likeness (QED) is 0.127. The molecule has 2 aromatic carbocycles. The molecule has 2 aromatic rings. The molecule has 0 bridgehead atoms. The van der Waals surface area contributed by atoms with Crippen molar-refractivity contribution in [2.75, 3.05) is 13.2 Å². The molecule has 0 fully saturated rings. The Kier molecular flexibility index (Phi) is 15.0. The lowest BCUT2D eigenvalue weighted by atomic mass is 9.83. The van der Waals surface area contributed by atoms with Crippen molar-refractivity contribution in [2.45, 2.75) is 84.6 Å². The molecule has 1 heterocycles. The first-order chi connectivity index (χ1) is 24.4. The summed E-state index contributed by atoms with van der Waals surface area (Å²) in [6.45, 7) is 10.6. The number of nitrogens with zero attached hydrogens (tertiary/aromatic N) is 1. The monoisotopic (exact) mass is 754 g/mol. The van der Waals surface area contributed by atoms with Crippen LogP contribution in [-0.4, -0.2) is 71.4 Å². The van der Waals surface area contributed by atoms with Gasteiger partial charge in [-0.2, -0.15) is 13.2 Å². The van der Waals surface area contributed by atoms with E-state index in [-0.39, 0.29) is 48.4 Å². The Morgan fingerprint density at radius 1 is 0.868 bits per heavy atom. The zero-order valence-corrected chi connectivity index (χ0v) is 30.2. The minimum absolute atomic E-state index is 0.0755. The molecule has 7 N–H and O–H groups in total. The maximum Gasteiger partial charge on any atom is 0.490 e. The molecule has 0 saturated heterocycles. The maximum absolute atomic E-state index is 13.4. The third-order valence-electron chi connectivity index (χ3n) is 6.80. The average molecular weight is 755 g/mol. The summed E-state index contributed by atoms with van der Waals surface area (Å²) in [7, 11) is 0.